The third kappa shape index (κ3) is 16.8. The number of nitrogens with zero attached hydrogens (tertiary/aromatic N) is 2. The second kappa shape index (κ2) is 22.8. The Bertz CT molecular complexity index is 796. The highest BCUT2D eigenvalue weighted by atomic mass is 16.3. The molecule has 0 bridgehead atoms. The van der Waals surface area contributed by atoms with Crippen LogP contribution in [0.1, 0.15) is 114 Å². The molecule has 2 aromatic carbocycles. The quantitative estimate of drug-likeness (QED) is 0.124. The van der Waals surface area contributed by atoms with Crippen LogP contribution < -0.4 is 0 Å². The van der Waals surface area contributed by atoms with Gasteiger partial charge in [-0.2, -0.15) is 0 Å². The predicted molar refractivity (Wildman–Crippen MR) is 179 cm³/mol. The molecule has 0 unspecified atom stereocenters. The maximum atomic E-state index is 10.5. The molecule has 236 valence electrons. The SMILES string of the molecule is O[C@H](CCCCCCCCCc1ccccc1)CN1CCN(C[C@H](O)CCCCCCCCCc2ccccc2)CC1. The average molecular weight is 579 g/mol. The average Bonchev–Trinajstić information content (AvgIpc) is 3.01. The van der Waals surface area contributed by atoms with Crippen molar-refractivity contribution >= 4 is 0 Å². The monoisotopic (exact) mass is 578 g/mol. The standard InChI is InChI=1S/C38H62N2O2/c41-37(27-19-9-5-1-3-7-13-21-35-23-15-11-16-24-35)33-39-29-31-40(32-30-39)34-38(42)28-20-10-6-2-4-8-14-22-36-25-17-12-18-26-36/h11-12,15-18,23-26,37-38,41-42H,1-10,13-14,19-22,27-34H2/t37-,38-/m1/s1. The van der Waals surface area contributed by atoms with Gasteiger partial charge in [0.15, 0.2) is 0 Å². The summed E-state index contributed by atoms with van der Waals surface area (Å²) in [4.78, 5) is 4.83. The van der Waals surface area contributed by atoms with Crippen molar-refractivity contribution in [3.05, 3.63) is 71.8 Å². The topological polar surface area (TPSA) is 46.9 Å². The zero-order valence-electron chi connectivity index (χ0n) is 26.7. The lowest BCUT2D eigenvalue weighted by atomic mass is 10.0. The van der Waals surface area contributed by atoms with Crippen LogP contribution in [0.4, 0.5) is 0 Å². The highest BCUT2D eigenvalue weighted by Gasteiger charge is 2.20. The summed E-state index contributed by atoms with van der Waals surface area (Å²) in [6.07, 6.45) is 21.8. The van der Waals surface area contributed by atoms with Gasteiger partial charge in [-0.05, 0) is 49.7 Å². The van der Waals surface area contributed by atoms with Crippen LogP contribution in [0.25, 0.3) is 0 Å². The van der Waals surface area contributed by atoms with E-state index in [9.17, 15) is 10.2 Å². The number of rotatable bonds is 24. The van der Waals surface area contributed by atoms with Crippen molar-refractivity contribution in [2.45, 2.75) is 128 Å². The predicted octanol–water partition coefficient (Wildman–Crippen LogP) is 8.05. The maximum Gasteiger partial charge on any atom is 0.0667 e. The van der Waals surface area contributed by atoms with Gasteiger partial charge in [0.05, 0.1) is 12.2 Å². The van der Waals surface area contributed by atoms with Gasteiger partial charge in [-0.15, -0.1) is 0 Å². The minimum Gasteiger partial charge on any atom is -0.392 e. The molecule has 42 heavy (non-hydrogen) atoms. The summed E-state index contributed by atoms with van der Waals surface area (Å²) >= 11 is 0. The number of aryl methyl sites for hydroxylation is 2. The first kappa shape index (κ1) is 34.8. The first-order valence-electron chi connectivity index (χ1n) is 17.6. The molecule has 0 spiro atoms. The van der Waals surface area contributed by atoms with Gasteiger partial charge >= 0.3 is 0 Å². The Labute approximate surface area is 258 Å². The van der Waals surface area contributed by atoms with Crippen LogP contribution in [0.15, 0.2) is 60.7 Å². The fraction of sp³-hybridized carbons (Fsp3) is 0.684. The largest absolute Gasteiger partial charge is 0.392 e. The molecule has 0 aromatic heterocycles. The molecule has 1 saturated heterocycles. The summed E-state index contributed by atoms with van der Waals surface area (Å²) in [5.41, 5.74) is 2.92. The van der Waals surface area contributed by atoms with Crippen LogP contribution >= 0.6 is 0 Å². The van der Waals surface area contributed by atoms with E-state index in [1.54, 1.807) is 0 Å². The summed E-state index contributed by atoms with van der Waals surface area (Å²) in [7, 11) is 0. The van der Waals surface area contributed by atoms with Gasteiger partial charge in [0.2, 0.25) is 0 Å². The van der Waals surface area contributed by atoms with Crippen LogP contribution in [0.5, 0.6) is 0 Å². The molecule has 4 nitrogen and oxygen atoms in total. The molecule has 1 aliphatic heterocycles. The molecule has 4 heteroatoms. The lowest BCUT2D eigenvalue weighted by Gasteiger charge is -2.36. The van der Waals surface area contributed by atoms with E-state index < -0.39 is 0 Å². The lowest BCUT2D eigenvalue weighted by molar-refractivity contribution is 0.0434. The molecule has 0 aliphatic carbocycles. The number of aliphatic hydroxyl groups excluding tert-OH is 2. The summed E-state index contributed by atoms with van der Waals surface area (Å²) in [5.74, 6) is 0. The molecule has 2 N–H and O–H groups in total. The van der Waals surface area contributed by atoms with Crippen molar-refractivity contribution in [3.8, 4) is 0 Å². The molecule has 1 heterocycles. The fourth-order valence-corrected chi connectivity index (χ4v) is 6.41. The molecule has 1 aliphatic rings. The van der Waals surface area contributed by atoms with E-state index in [2.05, 4.69) is 70.5 Å². The molecule has 2 atom stereocenters. The summed E-state index contributed by atoms with van der Waals surface area (Å²) in [6.45, 7) is 5.66. The van der Waals surface area contributed by atoms with Gasteiger partial charge in [0.25, 0.3) is 0 Å². The maximum absolute atomic E-state index is 10.5. The highest BCUT2D eigenvalue weighted by molar-refractivity contribution is 5.15. The van der Waals surface area contributed by atoms with Gasteiger partial charge in [-0.25, -0.2) is 0 Å². The molecule has 1 fully saturated rings. The Morgan fingerprint density at radius 2 is 0.738 bits per heavy atom. The molecule has 2 aromatic rings. The Morgan fingerprint density at radius 1 is 0.429 bits per heavy atom. The van der Waals surface area contributed by atoms with Gasteiger partial charge < -0.3 is 10.2 Å². The van der Waals surface area contributed by atoms with Crippen LogP contribution in [0.2, 0.25) is 0 Å². The van der Waals surface area contributed by atoms with Gasteiger partial charge in [-0.3, -0.25) is 9.80 Å². The zero-order valence-corrected chi connectivity index (χ0v) is 26.7. The lowest BCUT2D eigenvalue weighted by Crippen LogP contribution is -2.50. The normalized spacial score (nSPS) is 16.0. The van der Waals surface area contributed by atoms with E-state index >= 15 is 0 Å². The van der Waals surface area contributed by atoms with E-state index in [-0.39, 0.29) is 12.2 Å². The van der Waals surface area contributed by atoms with Crippen molar-refractivity contribution in [3.63, 3.8) is 0 Å². The number of piperazine rings is 1. The van der Waals surface area contributed by atoms with E-state index in [4.69, 9.17) is 0 Å². The number of hydrogen-bond acceptors (Lipinski definition) is 4. The number of β-amino-alcohol motifs (C(OH)–C–C–N with tert-alkyl or cyclic N) is 2. The Morgan fingerprint density at radius 3 is 1.10 bits per heavy atom. The van der Waals surface area contributed by atoms with Crippen molar-refractivity contribution in [1.82, 2.24) is 9.80 Å². The molecule has 3 rings (SSSR count). The third-order valence-corrected chi connectivity index (χ3v) is 9.09. The number of aliphatic hydroxyl groups is 2. The van der Waals surface area contributed by atoms with Crippen molar-refractivity contribution in [2.24, 2.45) is 0 Å². The third-order valence-electron chi connectivity index (χ3n) is 9.09. The Hall–Kier alpha value is -1.72. The van der Waals surface area contributed by atoms with E-state index in [0.29, 0.717) is 0 Å². The summed E-state index contributed by atoms with van der Waals surface area (Å²) in [6, 6.07) is 21.6. The number of unbranched alkanes of at least 4 members (excludes halogenated alkanes) is 12. The summed E-state index contributed by atoms with van der Waals surface area (Å²) in [5, 5.41) is 21.1. The summed E-state index contributed by atoms with van der Waals surface area (Å²) < 4.78 is 0. The first-order valence-corrected chi connectivity index (χ1v) is 17.6. The van der Waals surface area contributed by atoms with Gasteiger partial charge in [0, 0.05) is 39.3 Å². The van der Waals surface area contributed by atoms with Gasteiger partial charge in [0.1, 0.15) is 0 Å². The van der Waals surface area contributed by atoms with Crippen molar-refractivity contribution in [2.75, 3.05) is 39.3 Å². The Kier molecular flexibility index (Phi) is 18.8. The van der Waals surface area contributed by atoms with E-state index in [0.717, 1.165) is 65.0 Å². The smallest absolute Gasteiger partial charge is 0.0667 e. The van der Waals surface area contributed by atoms with E-state index in [1.165, 1.54) is 101 Å². The van der Waals surface area contributed by atoms with Crippen LogP contribution in [-0.2, 0) is 12.8 Å². The minimum absolute atomic E-state index is 0.197. The molecule has 0 saturated carbocycles. The second-order valence-electron chi connectivity index (χ2n) is 12.9. The second-order valence-corrected chi connectivity index (χ2v) is 12.9. The van der Waals surface area contributed by atoms with Crippen molar-refractivity contribution < 1.29 is 10.2 Å². The highest BCUT2D eigenvalue weighted by Crippen LogP contribution is 2.15. The molecular weight excluding hydrogens is 516 g/mol. The van der Waals surface area contributed by atoms with Crippen LogP contribution in [0, 0.1) is 0 Å². The Balaban J connectivity index is 1.06. The fourth-order valence-electron chi connectivity index (χ4n) is 6.41. The number of hydrogen-bond donors (Lipinski definition) is 2. The molecule has 0 radical (unpaired) electrons. The van der Waals surface area contributed by atoms with E-state index in [1.807, 2.05) is 0 Å². The minimum atomic E-state index is -0.197. The van der Waals surface area contributed by atoms with Crippen LogP contribution in [-0.4, -0.2) is 71.5 Å². The van der Waals surface area contributed by atoms with Gasteiger partial charge in [-0.1, -0.05) is 138 Å². The van der Waals surface area contributed by atoms with Crippen LogP contribution in [0.3, 0.4) is 0 Å². The zero-order chi connectivity index (χ0) is 29.5. The molecule has 0 amide bonds. The number of benzene rings is 2. The molecular formula is C38H62N2O2. The first-order chi connectivity index (χ1) is 20.7. The van der Waals surface area contributed by atoms with Crippen molar-refractivity contribution in [1.29, 1.82) is 0 Å².